The van der Waals surface area contributed by atoms with Crippen LogP contribution in [0, 0.1) is 0 Å². The highest BCUT2D eigenvalue weighted by Gasteiger charge is 2.42. The second-order valence-electron chi connectivity index (χ2n) is 15.5. The SMILES string of the molecule is CC(C)(C)c1cc(-c2cc3c4c(c2)N(c2ccccc2)c2ccccc2B4n2c4ccccc4c4cccc-3c42)cc(C(C)(C)C)c1. The van der Waals surface area contributed by atoms with Crippen LogP contribution in [0.2, 0.25) is 0 Å². The van der Waals surface area contributed by atoms with Crippen LogP contribution in [0.25, 0.3) is 44.1 Å². The molecule has 0 saturated heterocycles. The van der Waals surface area contributed by atoms with Crippen molar-refractivity contribution >= 4 is 56.6 Å². The molecule has 0 saturated carbocycles. The predicted molar refractivity (Wildman–Crippen MR) is 203 cm³/mol. The molecule has 6 aromatic carbocycles. The van der Waals surface area contributed by atoms with Crippen molar-refractivity contribution in [2.45, 2.75) is 52.4 Å². The molecule has 0 aliphatic carbocycles. The van der Waals surface area contributed by atoms with Crippen LogP contribution in [0.3, 0.4) is 0 Å². The fraction of sp³-hybridized carbons (Fsp3) is 0.182. The van der Waals surface area contributed by atoms with Crippen LogP contribution in [0.15, 0.2) is 127 Å². The van der Waals surface area contributed by atoms with Gasteiger partial charge in [-0.2, -0.15) is 0 Å². The minimum Gasteiger partial charge on any atom is -0.375 e. The van der Waals surface area contributed by atoms with E-state index in [2.05, 4.69) is 178 Å². The van der Waals surface area contributed by atoms with Gasteiger partial charge >= 0.3 is 6.85 Å². The number of aromatic nitrogens is 1. The van der Waals surface area contributed by atoms with Crippen LogP contribution < -0.4 is 15.8 Å². The Bertz CT molecular complexity index is 2350. The van der Waals surface area contributed by atoms with E-state index in [9.17, 15) is 0 Å². The van der Waals surface area contributed by atoms with Crippen LogP contribution in [0.5, 0.6) is 0 Å². The van der Waals surface area contributed by atoms with Crippen molar-refractivity contribution in [1.29, 1.82) is 0 Å². The summed E-state index contributed by atoms with van der Waals surface area (Å²) in [5.41, 5.74) is 17.0. The van der Waals surface area contributed by atoms with Crippen molar-refractivity contribution in [3.05, 3.63) is 139 Å². The van der Waals surface area contributed by atoms with E-state index in [1.165, 1.54) is 83.2 Å². The normalized spacial score (nSPS) is 13.7. The van der Waals surface area contributed by atoms with Crippen molar-refractivity contribution < 1.29 is 0 Å². The number of hydrogen-bond acceptors (Lipinski definition) is 1. The summed E-state index contributed by atoms with van der Waals surface area (Å²) in [6.45, 7) is 14.0. The van der Waals surface area contributed by atoms with Gasteiger partial charge in [0, 0.05) is 44.4 Å². The van der Waals surface area contributed by atoms with Gasteiger partial charge in [-0.05, 0) is 86.0 Å². The highest BCUT2D eigenvalue weighted by atomic mass is 15.2. The minimum atomic E-state index is 0.0329. The highest BCUT2D eigenvalue weighted by molar-refractivity contribution is 6.90. The Morgan fingerprint density at radius 2 is 1.15 bits per heavy atom. The van der Waals surface area contributed by atoms with Crippen LogP contribution in [0.1, 0.15) is 52.7 Å². The van der Waals surface area contributed by atoms with Crippen molar-refractivity contribution in [1.82, 2.24) is 4.48 Å². The van der Waals surface area contributed by atoms with E-state index >= 15 is 0 Å². The number of para-hydroxylation sites is 4. The Morgan fingerprint density at radius 3 is 1.89 bits per heavy atom. The van der Waals surface area contributed by atoms with E-state index in [0.29, 0.717) is 0 Å². The maximum Gasteiger partial charge on any atom is 0.333 e. The molecule has 2 aliphatic heterocycles. The van der Waals surface area contributed by atoms with Gasteiger partial charge < -0.3 is 9.38 Å². The number of benzene rings is 6. The monoisotopic (exact) mass is 606 g/mol. The average Bonchev–Trinajstić information content (AvgIpc) is 3.40. The summed E-state index contributed by atoms with van der Waals surface area (Å²) in [7, 11) is 0. The minimum absolute atomic E-state index is 0.0329. The molecular weight excluding hydrogens is 567 g/mol. The molecule has 7 aromatic rings. The van der Waals surface area contributed by atoms with Crippen LogP contribution in [0.4, 0.5) is 17.1 Å². The van der Waals surface area contributed by atoms with E-state index in [1.54, 1.807) is 0 Å². The first-order valence-electron chi connectivity index (χ1n) is 16.9. The Kier molecular flexibility index (Phi) is 5.85. The summed E-state index contributed by atoms with van der Waals surface area (Å²) in [6, 6.07) is 48.0. The van der Waals surface area contributed by atoms with E-state index in [1.807, 2.05) is 0 Å². The summed E-state index contributed by atoms with van der Waals surface area (Å²) < 4.78 is 2.63. The zero-order valence-electron chi connectivity index (χ0n) is 28.1. The number of fused-ring (bicyclic) bond motifs is 7. The molecule has 1 aromatic heterocycles. The van der Waals surface area contributed by atoms with Crippen molar-refractivity contribution in [2.75, 3.05) is 4.90 Å². The molecule has 0 atom stereocenters. The Hall–Kier alpha value is -5.02. The predicted octanol–water partition coefficient (Wildman–Crippen LogP) is 10.5. The Labute approximate surface area is 278 Å². The second kappa shape index (κ2) is 9.75. The molecule has 0 radical (unpaired) electrons. The summed E-state index contributed by atoms with van der Waals surface area (Å²) in [4.78, 5) is 2.50. The van der Waals surface area contributed by atoms with Crippen molar-refractivity contribution in [3.8, 4) is 22.3 Å². The molecule has 9 rings (SSSR count). The number of anilines is 3. The van der Waals surface area contributed by atoms with E-state index in [0.717, 1.165) is 0 Å². The van der Waals surface area contributed by atoms with Gasteiger partial charge in [0.05, 0.1) is 0 Å². The Balaban J connectivity index is 1.44. The lowest BCUT2D eigenvalue weighted by atomic mass is 9.45. The van der Waals surface area contributed by atoms with Crippen LogP contribution in [-0.4, -0.2) is 11.3 Å². The zero-order valence-corrected chi connectivity index (χ0v) is 28.1. The number of nitrogens with zero attached hydrogens (tertiary/aromatic N) is 2. The molecule has 0 spiro atoms. The van der Waals surface area contributed by atoms with Crippen molar-refractivity contribution in [3.63, 3.8) is 0 Å². The quantitative estimate of drug-likeness (QED) is 0.178. The summed E-state index contributed by atoms with van der Waals surface area (Å²) in [6.07, 6.45) is 0. The van der Waals surface area contributed by atoms with Crippen LogP contribution >= 0.6 is 0 Å². The van der Waals surface area contributed by atoms with Crippen molar-refractivity contribution in [2.24, 2.45) is 0 Å². The van der Waals surface area contributed by atoms with Gasteiger partial charge in [-0.3, -0.25) is 0 Å². The molecule has 3 heterocycles. The van der Waals surface area contributed by atoms with Crippen LogP contribution in [-0.2, 0) is 10.8 Å². The van der Waals surface area contributed by atoms with Gasteiger partial charge in [-0.15, -0.1) is 0 Å². The molecule has 3 heteroatoms. The fourth-order valence-electron chi connectivity index (χ4n) is 8.03. The molecule has 228 valence electrons. The first-order valence-corrected chi connectivity index (χ1v) is 16.9. The first kappa shape index (κ1) is 28.2. The molecular formula is C44H39BN2. The molecule has 0 unspecified atom stereocenters. The topological polar surface area (TPSA) is 8.17 Å². The fourth-order valence-corrected chi connectivity index (χ4v) is 8.03. The lowest BCUT2D eigenvalue weighted by molar-refractivity contribution is 0.569. The van der Waals surface area contributed by atoms with E-state index in [-0.39, 0.29) is 17.7 Å². The molecule has 0 fully saturated rings. The zero-order chi connectivity index (χ0) is 32.2. The standard InChI is InChI=1S/C44H39BN2/c1-43(2,3)30-23-28(24-31(27-30)44(4,5)6)29-25-36-35-19-14-18-34-33-17-10-12-21-38(33)47(42(34)35)45-37-20-11-13-22-39(37)46(40(26-29)41(36)45)32-15-8-7-9-16-32/h7-27H,1-6H3. The maximum atomic E-state index is 2.63. The molecule has 0 N–H and O–H groups in total. The molecule has 47 heavy (non-hydrogen) atoms. The number of rotatable bonds is 2. The van der Waals surface area contributed by atoms with Gasteiger partial charge in [0.2, 0.25) is 0 Å². The van der Waals surface area contributed by atoms with Gasteiger partial charge in [0.25, 0.3) is 0 Å². The molecule has 0 bridgehead atoms. The molecule has 2 nitrogen and oxygen atoms in total. The maximum absolute atomic E-state index is 2.63. The van der Waals surface area contributed by atoms with Gasteiger partial charge in [0.15, 0.2) is 0 Å². The highest BCUT2D eigenvalue weighted by Crippen LogP contribution is 2.47. The molecule has 0 amide bonds. The smallest absolute Gasteiger partial charge is 0.333 e. The van der Waals surface area contributed by atoms with Gasteiger partial charge in [-0.25, -0.2) is 0 Å². The van der Waals surface area contributed by atoms with Gasteiger partial charge in [0.1, 0.15) is 0 Å². The number of hydrogen-bond donors (Lipinski definition) is 0. The third-order valence-electron chi connectivity index (χ3n) is 10.4. The molecule has 2 aliphatic rings. The van der Waals surface area contributed by atoms with E-state index < -0.39 is 0 Å². The lowest BCUT2D eigenvalue weighted by Crippen LogP contribution is -2.56. The first-order chi connectivity index (χ1) is 22.6. The van der Waals surface area contributed by atoms with E-state index in [4.69, 9.17) is 0 Å². The average molecular weight is 607 g/mol. The summed E-state index contributed by atoms with van der Waals surface area (Å²) in [5, 5.41) is 2.64. The third kappa shape index (κ3) is 4.12. The second-order valence-corrected chi connectivity index (χ2v) is 15.5. The largest absolute Gasteiger partial charge is 0.375 e. The lowest BCUT2D eigenvalue weighted by Gasteiger charge is -2.40. The van der Waals surface area contributed by atoms with Gasteiger partial charge in [-0.1, -0.05) is 133 Å². The Morgan fingerprint density at radius 1 is 0.511 bits per heavy atom. The summed E-state index contributed by atoms with van der Waals surface area (Å²) >= 11 is 0. The summed E-state index contributed by atoms with van der Waals surface area (Å²) in [5.74, 6) is 0. The third-order valence-corrected chi connectivity index (χ3v) is 10.4.